The van der Waals surface area contributed by atoms with E-state index in [9.17, 15) is 27.6 Å². The molecule has 8 nitrogen and oxygen atoms in total. The molecule has 0 aromatic heterocycles. The van der Waals surface area contributed by atoms with Crippen molar-refractivity contribution < 1.29 is 37.2 Å². The van der Waals surface area contributed by atoms with Gasteiger partial charge >= 0.3 is 6.18 Å². The number of carbonyl (C=O) groups excluding carboxylic acids is 3. The van der Waals surface area contributed by atoms with Crippen LogP contribution >= 0.6 is 23.2 Å². The van der Waals surface area contributed by atoms with Crippen LogP contribution < -0.4 is 5.32 Å². The van der Waals surface area contributed by atoms with Gasteiger partial charge < -0.3 is 10.2 Å². The molecule has 36 heavy (non-hydrogen) atoms. The standard InChI is InChI=1S/C23H18Cl2F3N3O5/c1-11-5-12(3-4-16(11)20(33)29-17-9-19(32)31(35-2)21(17)34)18-10-22(36-30-18,23(26,27)28)13-6-14(24)8-15(25)7-13/h3-8,17H,9-10H2,1-2H3,(H,29,33)/t17-,22?/m1/s1. The van der Waals surface area contributed by atoms with Crippen molar-refractivity contribution >= 4 is 46.6 Å². The first-order valence-electron chi connectivity index (χ1n) is 10.5. The summed E-state index contributed by atoms with van der Waals surface area (Å²) in [6.45, 7) is 1.58. The molecule has 0 aliphatic carbocycles. The fraction of sp³-hybridized carbons (Fsp3) is 0.304. The van der Waals surface area contributed by atoms with E-state index >= 15 is 0 Å². The molecule has 0 bridgehead atoms. The number of aryl methyl sites for hydroxylation is 1. The van der Waals surface area contributed by atoms with Gasteiger partial charge in [-0.25, -0.2) is 0 Å². The van der Waals surface area contributed by atoms with E-state index in [0.717, 1.165) is 19.2 Å². The van der Waals surface area contributed by atoms with Gasteiger partial charge in [0.05, 0.1) is 19.2 Å². The van der Waals surface area contributed by atoms with Crippen LogP contribution in [0, 0.1) is 6.92 Å². The van der Waals surface area contributed by atoms with Crippen molar-refractivity contribution in [3.8, 4) is 0 Å². The number of amides is 3. The summed E-state index contributed by atoms with van der Waals surface area (Å²) >= 11 is 11.8. The Kier molecular flexibility index (Phi) is 6.76. The van der Waals surface area contributed by atoms with Gasteiger partial charge in [-0.2, -0.15) is 18.2 Å². The van der Waals surface area contributed by atoms with Gasteiger partial charge in [0, 0.05) is 27.6 Å². The molecule has 1 N–H and O–H groups in total. The predicted octanol–water partition coefficient (Wildman–Crippen LogP) is 4.30. The van der Waals surface area contributed by atoms with Crippen LogP contribution in [-0.4, -0.2) is 47.8 Å². The van der Waals surface area contributed by atoms with Crippen LogP contribution in [-0.2, 0) is 24.9 Å². The molecule has 2 aliphatic heterocycles. The van der Waals surface area contributed by atoms with E-state index in [2.05, 4.69) is 10.5 Å². The first kappa shape index (κ1) is 25.9. The molecular weight excluding hydrogens is 526 g/mol. The molecule has 1 fully saturated rings. The smallest absolute Gasteiger partial charge is 0.374 e. The normalized spacial score (nSPS) is 22.0. The summed E-state index contributed by atoms with van der Waals surface area (Å²) in [4.78, 5) is 46.3. The summed E-state index contributed by atoms with van der Waals surface area (Å²) in [5, 5.41) is 6.78. The molecule has 1 saturated heterocycles. The van der Waals surface area contributed by atoms with E-state index in [-0.39, 0.29) is 33.3 Å². The van der Waals surface area contributed by atoms with Gasteiger partial charge in [0.2, 0.25) is 0 Å². The molecule has 0 saturated carbocycles. The Morgan fingerprint density at radius 3 is 2.42 bits per heavy atom. The Balaban J connectivity index is 1.56. The van der Waals surface area contributed by atoms with Crippen molar-refractivity contribution in [1.29, 1.82) is 0 Å². The lowest BCUT2D eigenvalue weighted by Crippen LogP contribution is -2.42. The van der Waals surface area contributed by atoms with Crippen molar-refractivity contribution in [2.75, 3.05) is 7.11 Å². The third kappa shape index (κ3) is 4.54. The lowest BCUT2D eigenvalue weighted by atomic mass is 9.86. The highest BCUT2D eigenvalue weighted by molar-refractivity contribution is 6.34. The first-order valence-corrected chi connectivity index (χ1v) is 11.2. The van der Waals surface area contributed by atoms with Crippen molar-refractivity contribution in [1.82, 2.24) is 10.4 Å². The molecule has 3 amide bonds. The maximum Gasteiger partial charge on any atom is 0.435 e. The molecule has 2 aromatic carbocycles. The third-order valence-corrected chi connectivity index (χ3v) is 6.35. The maximum atomic E-state index is 14.2. The van der Waals surface area contributed by atoms with E-state index in [4.69, 9.17) is 32.9 Å². The molecule has 190 valence electrons. The van der Waals surface area contributed by atoms with E-state index in [1.54, 1.807) is 6.92 Å². The molecule has 0 radical (unpaired) electrons. The Morgan fingerprint density at radius 2 is 1.86 bits per heavy atom. The summed E-state index contributed by atoms with van der Waals surface area (Å²) in [5.74, 6) is -1.92. The zero-order valence-electron chi connectivity index (χ0n) is 18.8. The molecule has 2 heterocycles. The van der Waals surface area contributed by atoms with Crippen LogP contribution in [0.2, 0.25) is 10.0 Å². The Morgan fingerprint density at radius 1 is 1.19 bits per heavy atom. The van der Waals surface area contributed by atoms with E-state index in [0.29, 0.717) is 16.2 Å². The number of hydroxylamine groups is 2. The lowest BCUT2D eigenvalue weighted by Gasteiger charge is -2.29. The summed E-state index contributed by atoms with van der Waals surface area (Å²) in [6.07, 6.45) is -5.75. The Hall–Kier alpha value is -3.15. The Labute approximate surface area is 212 Å². The number of alkyl halides is 3. The van der Waals surface area contributed by atoms with E-state index in [1.165, 1.54) is 24.3 Å². The van der Waals surface area contributed by atoms with Crippen LogP contribution in [0.4, 0.5) is 13.2 Å². The highest BCUT2D eigenvalue weighted by atomic mass is 35.5. The predicted molar refractivity (Wildman–Crippen MR) is 122 cm³/mol. The van der Waals surface area contributed by atoms with Crippen molar-refractivity contribution in [2.45, 2.75) is 37.6 Å². The quantitative estimate of drug-likeness (QED) is 0.567. The monoisotopic (exact) mass is 543 g/mol. The summed E-state index contributed by atoms with van der Waals surface area (Å²) in [7, 11) is 1.16. The van der Waals surface area contributed by atoms with E-state index in [1.807, 2.05) is 0 Å². The Bertz CT molecular complexity index is 1280. The minimum atomic E-state index is -4.84. The number of nitrogens with one attached hydrogen (secondary N) is 1. The number of halogens is 5. The largest absolute Gasteiger partial charge is 0.435 e. The average Bonchev–Trinajstić information content (AvgIpc) is 3.35. The fourth-order valence-corrected chi connectivity index (χ4v) is 4.62. The second-order valence-corrected chi connectivity index (χ2v) is 9.13. The van der Waals surface area contributed by atoms with Gasteiger partial charge in [-0.05, 0) is 48.4 Å². The number of oxime groups is 1. The molecular formula is C23H18Cl2F3N3O5. The number of imide groups is 1. The molecule has 4 rings (SSSR count). The van der Waals surface area contributed by atoms with Gasteiger partial charge in [-0.3, -0.25) is 19.2 Å². The molecule has 1 unspecified atom stereocenters. The highest BCUT2D eigenvalue weighted by Gasteiger charge is 2.62. The first-order chi connectivity index (χ1) is 16.9. The van der Waals surface area contributed by atoms with Gasteiger partial charge in [0.15, 0.2) is 0 Å². The van der Waals surface area contributed by atoms with Crippen LogP contribution in [0.25, 0.3) is 0 Å². The van der Waals surface area contributed by atoms with Crippen molar-refractivity contribution in [3.05, 3.63) is 68.7 Å². The SMILES string of the molecule is CON1C(=O)C[C@@H](NC(=O)c2ccc(C3=NOC(c4cc(Cl)cc(Cl)c4)(C(F)(F)F)C3)cc2C)C1=O. The minimum Gasteiger partial charge on any atom is -0.374 e. The van der Waals surface area contributed by atoms with Crippen molar-refractivity contribution in [3.63, 3.8) is 0 Å². The van der Waals surface area contributed by atoms with Crippen LogP contribution in [0.3, 0.4) is 0 Å². The number of hydrogen-bond donors (Lipinski definition) is 1. The van der Waals surface area contributed by atoms with E-state index < -0.39 is 42.0 Å². The van der Waals surface area contributed by atoms with Gasteiger partial charge in [0.1, 0.15) is 6.04 Å². The summed E-state index contributed by atoms with van der Waals surface area (Å²) in [6, 6.07) is 6.76. The number of rotatable bonds is 5. The zero-order valence-corrected chi connectivity index (χ0v) is 20.3. The molecule has 2 atom stereocenters. The minimum absolute atomic E-state index is 0.00536. The van der Waals surface area contributed by atoms with Crippen LogP contribution in [0.5, 0.6) is 0 Å². The number of nitrogens with zero attached hydrogens (tertiary/aromatic N) is 2. The third-order valence-electron chi connectivity index (χ3n) is 5.91. The van der Waals surface area contributed by atoms with Crippen LogP contribution in [0.15, 0.2) is 41.6 Å². The summed E-state index contributed by atoms with van der Waals surface area (Å²) in [5.41, 5.74) is -2.20. The van der Waals surface area contributed by atoms with Gasteiger partial charge in [0.25, 0.3) is 23.3 Å². The number of benzene rings is 2. The molecule has 2 aliphatic rings. The maximum absolute atomic E-state index is 14.2. The zero-order chi connectivity index (χ0) is 26.4. The molecule has 0 spiro atoms. The topological polar surface area (TPSA) is 97.3 Å². The van der Waals surface area contributed by atoms with Gasteiger partial charge in [-0.1, -0.05) is 34.4 Å². The second-order valence-electron chi connectivity index (χ2n) is 8.26. The second kappa shape index (κ2) is 9.38. The van der Waals surface area contributed by atoms with Crippen LogP contribution in [0.1, 0.15) is 39.9 Å². The van der Waals surface area contributed by atoms with Crippen molar-refractivity contribution in [2.24, 2.45) is 5.16 Å². The fourth-order valence-electron chi connectivity index (χ4n) is 4.09. The molecule has 13 heteroatoms. The number of carbonyl (C=O) groups is 3. The molecule has 2 aromatic rings. The van der Waals surface area contributed by atoms with Gasteiger partial charge in [-0.15, -0.1) is 0 Å². The average molecular weight is 544 g/mol. The lowest BCUT2D eigenvalue weighted by molar-refractivity contribution is -0.275. The number of hydrogen-bond acceptors (Lipinski definition) is 6. The highest BCUT2D eigenvalue weighted by Crippen LogP contribution is 2.49. The summed E-state index contributed by atoms with van der Waals surface area (Å²) < 4.78 is 42.6.